The van der Waals surface area contributed by atoms with Crippen molar-refractivity contribution in [3.05, 3.63) is 52.3 Å². The van der Waals surface area contributed by atoms with Crippen LogP contribution < -0.4 is 5.69 Å². The van der Waals surface area contributed by atoms with Gasteiger partial charge in [-0.05, 0) is 23.9 Å². The Bertz CT molecular complexity index is 872. The SMILES string of the molecule is Cn1nc(CN2CCCn3c(cc4ccccc43)C2)[nH]c1=O. The van der Waals surface area contributed by atoms with E-state index in [4.69, 9.17) is 0 Å². The largest absolute Gasteiger partial charge is 0.343 e. The molecule has 1 aromatic carbocycles. The predicted molar refractivity (Wildman–Crippen MR) is 84.5 cm³/mol. The van der Waals surface area contributed by atoms with Crippen LogP contribution in [0.2, 0.25) is 0 Å². The highest BCUT2D eigenvalue weighted by Gasteiger charge is 2.18. The Hall–Kier alpha value is -2.34. The number of fused-ring (bicyclic) bond motifs is 3. The third-order valence-electron chi connectivity index (χ3n) is 4.33. The van der Waals surface area contributed by atoms with Gasteiger partial charge in [0, 0.05) is 37.9 Å². The molecule has 1 aliphatic heterocycles. The van der Waals surface area contributed by atoms with Crippen molar-refractivity contribution in [2.75, 3.05) is 6.54 Å². The standard InChI is InChI=1S/C16H19N5O/c1-19-16(22)17-15(18-19)11-20-7-4-8-21-13(10-20)9-12-5-2-3-6-14(12)21/h2-3,5-6,9H,4,7-8,10-11H2,1H3,(H,17,18,22). The maximum Gasteiger partial charge on any atom is 0.343 e. The third kappa shape index (κ3) is 2.25. The van der Waals surface area contributed by atoms with E-state index in [0.29, 0.717) is 6.54 Å². The molecular formula is C16H19N5O. The van der Waals surface area contributed by atoms with Crippen LogP contribution in [-0.4, -0.2) is 30.8 Å². The van der Waals surface area contributed by atoms with Crippen molar-refractivity contribution in [3.8, 4) is 0 Å². The molecule has 6 heteroatoms. The number of para-hydroxylation sites is 1. The molecule has 4 rings (SSSR count). The Morgan fingerprint density at radius 3 is 2.95 bits per heavy atom. The molecule has 0 saturated carbocycles. The molecule has 0 radical (unpaired) electrons. The van der Waals surface area contributed by atoms with Crippen LogP contribution in [0, 0.1) is 0 Å². The van der Waals surface area contributed by atoms with Gasteiger partial charge in [-0.3, -0.25) is 9.88 Å². The monoisotopic (exact) mass is 297 g/mol. The fourth-order valence-electron chi connectivity index (χ4n) is 3.30. The molecule has 3 heterocycles. The minimum Gasteiger partial charge on any atom is -0.343 e. The van der Waals surface area contributed by atoms with Gasteiger partial charge in [0.05, 0.1) is 6.54 Å². The van der Waals surface area contributed by atoms with E-state index in [9.17, 15) is 4.79 Å². The van der Waals surface area contributed by atoms with Crippen LogP contribution in [-0.2, 0) is 26.7 Å². The van der Waals surface area contributed by atoms with E-state index in [-0.39, 0.29) is 5.69 Å². The van der Waals surface area contributed by atoms with E-state index in [2.05, 4.69) is 49.9 Å². The molecule has 0 amide bonds. The number of hydrogen-bond donors (Lipinski definition) is 1. The van der Waals surface area contributed by atoms with Gasteiger partial charge in [-0.1, -0.05) is 18.2 Å². The first-order valence-corrected chi connectivity index (χ1v) is 7.62. The lowest BCUT2D eigenvalue weighted by Crippen LogP contribution is -2.23. The maximum absolute atomic E-state index is 11.5. The first-order chi connectivity index (χ1) is 10.7. The van der Waals surface area contributed by atoms with Crippen molar-refractivity contribution in [1.29, 1.82) is 0 Å². The van der Waals surface area contributed by atoms with E-state index >= 15 is 0 Å². The van der Waals surface area contributed by atoms with E-state index in [0.717, 1.165) is 31.9 Å². The number of nitrogens with zero attached hydrogens (tertiary/aromatic N) is 4. The number of hydrogen-bond acceptors (Lipinski definition) is 3. The van der Waals surface area contributed by atoms with Crippen LogP contribution in [0.3, 0.4) is 0 Å². The fraction of sp³-hybridized carbons (Fsp3) is 0.375. The van der Waals surface area contributed by atoms with Crippen LogP contribution in [0.4, 0.5) is 0 Å². The fourth-order valence-corrected chi connectivity index (χ4v) is 3.30. The first kappa shape index (κ1) is 13.3. The molecule has 0 atom stereocenters. The molecule has 0 bridgehead atoms. The minimum atomic E-state index is -0.154. The number of benzene rings is 1. The van der Waals surface area contributed by atoms with Crippen molar-refractivity contribution in [2.24, 2.45) is 7.05 Å². The quantitative estimate of drug-likeness (QED) is 0.779. The van der Waals surface area contributed by atoms with Crippen molar-refractivity contribution >= 4 is 10.9 Å². The molecule has 0 fully saturated rings. The summed E-state index contributed by atoms with van der Waals surface area (Å²) in [6.07, 6.45) is 1.10. The van der Waals surface area contributed by atoms with Crippen molar-refractivity contribution < 1.29 is 0 Å². The minimum absolute atomic E-state index is 0.154. The Kier molecular flexibility index (Phi) is 3.11. The molecule has 0 saturated heterocycles. The van der Waals surface area contributed by atoms with Crippen LogP contribution in [0.5, 0.6) is 0 Å². The zero-order valence-corrected chi connectivity index (χ0v) is 12.6. The summed E-state index contributed by atoms with van der Waals surface area (Å²) in [5.41, 5.74) is 2.49. The second-order valence-electron chi connectivity index (χ2n) is 5.91. The van der Waals surface area contributed by atoms with Crippen LogP contribution >= 0.6 is 0 Å². The summed E-state index contributed by atoms with van der Waals surface area (Å²) in [5.74, 6) is 0.733. The molecule has 3 aromatic rings. The summed E-state index contributed by atoms with van der Waals surface area (Å²) >= 11 is 0. The Balaban J connectivity index is 1.63. The molecule has 0 spiro atoms. The molecule has 114 valence electrons. The van der Waals surface area contributed by atoms with Gasteiger partial charge in [0.1, 0.15) is 5.82 Å². The van der Waals surface area contributed by atoms with Gasteiger partial charge in [0.2, 0.25) is 0 Å². The third-order valence-corrected chi connectivity index (χ3v) is 4.33. The van der Waals surface area contributed by atoms with Gasteiger partial charge in [-0.2, -0.15) is 5.10 Å². The number of aryl methyl sites for hydroxylation is 2. The Morgan fingerprint density at radius 2 is 2.14 bits per heavy atom. The summed E-state index contributed by atoms with van der Waals surface area (Å²) in [6, 6.07) is 10.8. The second-order valence-corrected chi connectivity index (χ2v) is 5.91. The number of aromatic amines is 1. The van der Waals surface area contributed by atoms with Crippen molar-refractivity contribution in [3.63, 3.8) is 0 Å². The summed E-state index contributed by atoms with van der Waals surface area (Å²) in [4.78, 5) is 16.6. The van der Waals surface area contributed by atoms with Crippen LogP contribution in [0.1, 0.15) is 17.9 Å². The highest BCUT2D eigenvalue weighted by Crippen LogP contribution is 2.24. The smallest absolute Gasteiger partial charge is 0.343 e. The molecule has 1 aliphatic rings. The van der Waals surface area contributed by atoms with Crippen LogP contribution in [0.25, 0.3) is 10.9 Å². The van der Waals surface area contributed by atoms with Gasteiger partial charge < -0.3 is 4.57 Å². The lowest BCUT2D eigenvalue weighted by molar-refractivity contribution is 0.254. The lowest BCUT2D eigenvalue weighted by atomic mass is 10.2. The molecule has 6 nitrogen and oxygen atoms in total. The first-order valence-electron chi connectivity index (χ1n) is 7.62. The van der Waals surface area contributed by atoms with Gasteiger partial charge in [-0.15, -0.1) is 0 Å². The molecule has 22 heavy (non-hydrogen) atoms. The number of rotatable bonds is 2. The average molecular weight is 297 g/mol. The summed E-state index contributed by atoms with van der Waals surface area (Å²) in [7, 11) is 1.67. The molecular weight excluding hydrogens is 278 g/mol. The zero-order valence-electron chi connectivity index (χ0n) is 12.6. The van der Waals surface area contributed by atoms with E-state index in [1.807, 2.05) is 0 Å². The van der Waals surface area contributed by atoms with E-state index in [1.165, 1.54) is 21.3 Å². The van der Waals surface area contributed by atoms with Gasteiger partial charge >= 0.3 is 5.69 Å². The average Bonchev–Trinajstić information content (AvgIpc) is 2.92. The molecule has 1 N–H and O–H groups in total. The predicted octanol–water partition coefficient (Wildman–Crippen LogP) is 1.47. The van der Waals surface area contributed by atoms with E-state index < -0.39 is 0 Å². The number of nitrogens with one attached hydrogen (secondary N) is 1. The zero-order chi connectivity index (χ0) is 15.1. The summed E-state index contributed by atoms with van der Waals surface area (Å²) in [5, 5.41) is 5.53. The number of H-pyrrole nitrogens is 1. The topological polar surface area (TPSA) is 58.9 Å². The lowest BCUT2D eigenvalue weighted by Gasteiger charge is -2.17. The van der Waals surface area contributed by atoms with Crippen molar-refractivity contribution in [2.45, 2.75) is 26.1 Å². The van der Waals surface area contributed by atoms with Crippen molar-refractivity contribution in [1.82, 2.24) is 24.2 Å². The van der Waals surface area contributed by atoms with Crippen LogP contribution in [0.15, 0.2) is 35.1 Å². The van der Waals surface area contributed by atoms with Gasteiger partial charge in [0.15, 0.2) is 0 Å². The molecule has 0 aliphatic carbocycles. The van der Waals surface area contributed by atoms with Gasteiger partial charge in [0.25, 0.3) is 0 Å². The van der Waals surface area contributed by atoms with Gasteiger partial charge in [-0.25, -0.2) is 9.48 Å². The number of aromatic nitrogens is 4. The normalized spacial score (nSPS) is 15.9. The maximum atomic E-state index is 11.5. The molecule has 2 aromatic heterocycles. The summed E-state index contributed by atoms with van der Waals surface area (Å²) < 4.78 is 3.76. The Labute approximate surface area is 128 Å². The van der Waals surface area contributed by atoms with E-state index in [1.54, 1.807) is 7.05 Å². The molecule has 0 unspecified atom stereocenters. The highest BCUT2D eigenvalue weighted by atomic mass is 16.1. The Morgan fingerprint density at radius 1 is 1.27 bits per heavy atom. The highest BCUT2D eigenvalue weighted by molar-refractivity contribution is 5.81. The summed E-state index contributed by atoms with van der Waals surface area (Å²) in [6.45, 7) is 3.61. The second kappa shape index (κ2) is 5.14.